The molecule has 146 valence electrons. The van der Waals surface area contributed by atoms with Gasteiger partial charge >= 0.3 is 24.2 Å². The van der Waals surface area contributed by atoms with Gasteiger partial charge in [-0.3, -0.25) is 0 Å². The van der Waals surface area contributed by atoms with Crippen LogP contribution in [0.1, 0.15) is 26.2 Å². The highest BCUT2D eigenvalue weighted by Crippen LogP contribution is 2.49. The van der Waals surface area contributed by atoms with Crippen molar-refractivity contribution in [2.75, 3.05) is 7.11 Å². The van der Waals surface area contributed by atoms with Crippen molar-refractivity contribution in [3.63, 3.8) is 0 Å². The van der Waals surface area contributed by atoms with E-state index >= 15 is 0 Å². The molecule has 1 unspecified atom stereocenters. The molecule has 0 saturated carbocycles. The van der Waals surface area contributed by atoms with Crippen LogP contribution in [0.5, 0.6) is 0 Å². The Labute approximate surface area is 133 Å². The SMILES string of the molecule is CCC[Si](CCC(F)(F)F)(CCC(F)(F)C(F)(F)C(F)(F)F)OC. The minimum Gasteiger partial charge on any atom is -0.420 e. The van der Waals surface area contributed by atoms with Crippen molar-refractivity contribution >= 4 is 8.32 Å². The number of hydrogen-bond donors (Lipinski definition) is 0. The number of hydrogen-bond acceptors (Lipinski definition) is 1. The molecule has 0 bridgehead atoms. The van der Waals surface area contributed by atoms with Gasteiger partial charge in [0.05, 0.1) is 0 Å². The summed E-state index contributed by atoms with van der Waals surface area (Å²) in [5.74, 6) is -11.7. The first-order valence-electron chi connectivity index (χ1n) is 6.98. The Bertz CT molecular complexity index is 392. The Morgan fingerprint density at radius 3 is 1.54 bits per heavy atom. The van der Waals surface area contributed by atoms with Gasteiger partial charge in [0.2, 0.25) is 0 Å². The maximum absolute atomic E-state index is 13.4. The number of alkyl halides is 10. The van der Waals surface area contributed by atoms with Crippen molar-refractivity contribution < 1.29 is 48.3 Å². The summed E-state index contributed by atoms with van der Waals surface area (Å²) < 4.78 is 131. The van der Waals surface area contributed by atoms with E-state index < -0.39 is 57.4 Å². The van der Waals surface area contributed by atoms with Crippen LogP contribution < -0.4 is 0 Å². The molecule has 0 aromatic heterocycles. The van der Waals surface area contributed by atoms with E-state index in [0.29, 0.717) is 0 Å². The minimum atomic E-state index is -6.45. The zero-order valence-electron chi connectivity index (χ0n) is 12.9. The molecule has 1 atom stereocenters. The van der Waals surface area contributed by atoms with Gasteiger partial charge in [-0.25, -0.2) is 0 Å². The average Bonchev–Trinajstić information content (AvgIpc) is 2.40. The van der Waals surface area contributed by atoms with Gasteiger partial charge in [0.1, 0.15) is 0 Å². The van der Waals surface area contributed by atoms with Gasteiger partial charge in [-0.05, 0) is 18.1 Å². The number of rotatable bonds is 9. The molecular weight excluding hydrogens is 378 g/mol. The van der Waals surface area contributed by atoms with Gasteiger partial charge in [-0.15, -0.1) is 0 Å². The minimum absolute atomic E-state index is 0.0484. The zero-order chi connectivity index (χ0) is 19.4. The van der Waals surface area contributed by atoms with Crippen LogP contribution >= 0.6 is 0 Å². The standard InChI is InChI=1S/C12H18F10OSi/c1-3-6-24(23-2,8-5-10(15,16)17)7-4-9(13,14)11(18,19)12(20,21)22/h3-8H2,1-2H3. The van der Waals surface area contributed by atoms with E-state index in [2.05, 4.69) is 0 Å². The summed E-state index contributed by atoms with van der Waals surface area (Å²) in [7, 11) is -2.56. The highest BCUT2D eigenvalue weighted by Gasteiger charge is 2.72. The Morgan fingerprint density at radius 2 is 1.21 bits per heavy atom. The van der Waals surface area contributed by atoms with Crippen molar-refractivity contribution in [2.45, 2.75) is 68.5 Å². The fourth-order valence-electron chi connectivity index (χ4n) is 2.26. The van der Waals surface area contributed by atoms with Crippen LogP contribution in [0.25, 0.3) is 0 Å². The third-order valence-electron chi connectivity index (χ3n) is 3.71. The monoisotopic (exact) mass is 396 g/mol. The Hall–Kier alpha value is -0.523. The first-order chi connectivity index (χ1) is 10.5. The summed E-state index contributed by atoms with van der Waals surface area (Å²) in [6.45, 7) is 1.52. The molecule has 24 heavy (non-hydrogen) atoms. The molecule has 0 radical (unpaired) electrons. The van der Waals surface area contributed by atoms with E-state index in [4.69, 9.17) is 4.43 Å². The highest BCUT2D eigenvalue weighted by molar-refractivity contribution is 6.73. The molecule has 0 saturated heterocycles. The van der Waals surface area contributed by atoms with Crippen LogP contribution in [0.4, 0.5) is 43.9 Å². The summed E-state index contributed by atoms with van der Waals surface area (Å²) in [5.41, 5.74) is 0. The van der Waals surface area contributed by atoms with Crippen molar-refractivity contribution in [3.05, 3.63) is 0 Å². The second-order valence-electron chi connectivity index (χ2n) is 5.53. The van der Waals surface area contributed by atoms with Crippen LogP contribution in [-0.4, -0.2) is 39.6 Å². The predicted octanol–water partition coefficient (Wildman–Crippen LogP) is 6.16. The van der Waals surface area contributed by atoms with Crippen LogP contribution in [0.3, 0.4) is 0 Å². The van der Waals surface area contributed by atoms with Gasteiger partial charge in [-0.2, -0.15) is 43.9 Å². The van der Waals surface area contributed by atoms with Gasteiger partial charge in [-0.1, -0.05) is 13.3 Å². The quantitative estimate of drug-likeness (QED) is 0.335. The number of halogens is 10. The summed E-state index contributed by atoms with van der Waals surface area (Å²) in [6.07, 6.45) is -14.1. The first kappa shape index (κ1) is 23.5. The Morgan fingerprint density at radius 1 is 0.750 bits per heavy atom. The van der Waals surface area contributed by atoms with Crippen molar-refractivity contribution in [1.29, 1.82) is 0 Å². The Kier molecular flexibility index (Phi) is 7.62. The molecule has 0 aromatic rings. The predicted molar refractivity (Wildman–Crippen MR) is 68.7 cm³/mol. The molecule has 1 nitrogen and oxygen atoms in total. The molecule has 0 aliphatic carbocycles. The third-order valence-corrected chi connectivity index (χ3v) is 8.31. The van der Waals surface area contributed by atoms with Gasteiger partial charge in [0, 0.05) is 20.0 Å². The fraction of sp³-hybridized carbons (Fsp3) is 1.00. The van der Waals surface area contributed by atoms with E-state index in [1.807, 2.05) is 0 Å². The summed E-state index contributed by atoms with van der Waals surface area (Å²) >= 11 is 0. The lowest BCUT2D eigenvalue weighted by molar-refractivity contribution is -0.354. The van der Waals surface area contributed by atoms with E-state index in [1.165, 1.54) is 6.92 Å². The molecule has 0 aromatic carbocycles. The van der Waals surface area contributed by atoms with Gasteiger partial charge in [0.15, 0.2) is 8.32 Å². The van der Waals surface area contributed by atoms with Crippen LogP contribution in [-0.2, 0) is 4.43 Å². The van der Waals surface area contributed by atoms with Crippen molar-refractivity contribution in [2.24, 2.45) is 0 Å². The zero-order valence-corrected chi connectivity index (χ0v) is 13.9. The summed E-state index contributed by atoms with van der Waals surface area (Å²) in [6, 6.07) is -1.64. The lowest BCUT2D eigenvalue weighted by atomic mass is 10.1. The molecule has 0 rings (SSSR count). The Balaban J connectivity index is 5.24. The molecule has 0 aliphatic rings. The third kappa shape index (κ3) is 6.08. The van der Waals surface area contributed by atoms with Crippen LogP contribution in [0.15, 0.2) is 0 Å². The highest BCUT2D eigenvalue weighted by atomic mass is 28.4. The van der Waals surface area contributed by atoms with Crippen molar-refractivity contribution in [3.8, 4) is 0 Å². The molecule has 0 spiro atoms. The van der Waals surface area contributed by atoms with E-state index in [0.717, 1.165) is 7.11 Å². The summed E-state index contributed by atoms with van der Waals surface area (Å²) in [4.78, 5) is 0. The summed E-state index contributed by atoms with van der Waals surface area (Å²) in [5, 5.41) is 0. The molecule has 0 N–H and O–H groups in total. The fourth-order valence-corrected chi connectivity index (χ4v) is 6.04. The molecular formula is C12H18F10OSi. The first-order valence-corrected chi connectivity index (χ1v) is 9.51. The molecule has 0 fully saturated rings. The van der Waals surface area contributed by atoms with E-state index in [-0.39, 0.29) is 12.5 Å². The maximum atomic E-state index is 13.4. The van der Waals surface area contributed by atoms with E-state index in [9.17, 15) is 43.9 Å². The topological polar surface area (TPSA) is 9.23 Å². The van der Waals surface area contributed by atoms with E-state index in [1.54, 1.807) is 0 Å². The largest absolute Gasteiger partial charge is 0.459 e. The normalized spacial score (nSPS) is 17.0. The lowest BCUT2D eigenvalue weighted by Gasteiger charge is -2.34. The molecule has 0 aliphatic heterocycles. The maximum Gasteiger partial charge on any atom is 0.459 e. The van der Waals surface area contributed by atoms with Crippen LogP contribution in [0, 0.1) is 0 Å². The van der Waals surface area contributed by atoms with Gasteiger partial charge in [0.25, 0.3) is 0 Å². The lowest BCUT2D eigenvalue weighted by Crippen LogP contribution is -2.53. The average molecular weight is 396 g/mol. The molecule has 12 heteroatoms. The second kappa shape index (κ2) is 7.79. The smallest absolute Gasteiger partial charge is 0.420 e. The van der Waals surface area contributed by atoms with Gasteiger partial charge < -0.3 is 4.43 Å². The molecule has 0 amide bonds. The van der Waals surface area contributed by atoms with Crippen LogP contribution in [0.2, 0.25) is 18.1 Å². The molecule has 0 heterocycles. The second-order valence-corrected chi connectivity index (χ2v) is 9.80. The van der Waals surface area contributed by atoms with Crippen molar-refractivity contribution in [1.82, 2.24) is 0 Å².